The first-order valence-corrected chi connectivity index (χ1v) is 10.7. The highest BCUT2D eigenvalue weighted by Gasteiger charge is 2.15. The lowest BCUT2D eigenvalue weighted by molar-refractivity contribution is 0.0952. The van der Waals surface area contributed by atoms with Crippen molar-refractivity contribution in [2.45, 2.75) is 13.5 Å². The zero-order valence-electron chi connectivity index (χ0n) is 16.4. The van der Waals surface area contributed by atoms with E-state index in [1.54, 1.807) is 11.3 Å². The molecule has 0 aliphatic rings. The molecule has 150 valence electrons. The fourth-order valence-electron chi connectivity index (χ4n) is 3.06. The summed E-state index contributed by atoms with van der Waals surface area (Å²) in [6, 6.07) is 24.9. The van der Waals surface area contributed by atoms with Gasteiger partial charge >= 0.3 is 0 Å². The van der Waals surface area contributed by atoms with E-state index in [0.717, 1.165) is 32.5 Å². The molecule has 0 fully saturated rings. The number of hydrogen-bond acceptors (Lipinski definition) is 4. The van der Waals surface area contributed by atoms with E-state index in [1.807, 2.05) is 85.8 Å². The van der Waals surface area contributed by atoms with Gasteiger partial charge in [0.1, 0.15) is 5.01 Å². The number of benzene rings is 3. The highest BCUT2D eigenvalue weighted by Crippen LogP contribution is 2.32. The lowest BCUT2D eigenvalue weighted by Crippen LogP contribution is -2.23. The lowest BCUT2D eigenvalue weighted by atomic mass is 10.1. The summed E-state index contributed by atoms with van der Waals surface area (Å²) in [7, 11) is 0. The van der Waals surface area contributed by atoms with Gasteiger partial charge in [0.2, 0.25) is 0 Å². The molecular formula is C24H20ClN3OS. The molecule has 0 radical (unpaired) electrons. The first-order chi connectivity index (χ1) is 14.6. The van der Waals surface area contributed by atoms with Crippen LogP contribution in [0.3, 0.4) is 0 Å². The van der Waals surface area contributed by atoms with Gasteiger partial charge in [-0.15, -0.1) is 11.3 Å². The highest BCUT2D eigenvalue weighted by molar-refractivity contribution is 7.15. The molecular weight excluding hydrogens is 414 g/mol. The van der Waals surface area contributed by atoms with Crippen molar-refractivity contribution in [3.05, 3.63) is 100 Å². The van der Waals surface area contributed by atoms with Crippen LogP contribution in [-0.4, -0.2) is 10.9 Å². The number of anilines is 2. The number of carbonyl (C=O) groups excluding carboxylic acids is 1. The normalized spacial score (nSPS) is 10.6. The van der Waals surface area contributed by atoms with Gasteiger partial charge < -0.3 is 10.6 Å². The molecule has 4 rings (SSSR count). The Hall–Kier alpha value is -3.15. The van der Waals surface area contributed by atoms with Gasteiger partial charge in [-0.3, -0.25) is 4.79 Å². The van der Waals surface area contributed by atoms with Crippen molar-refractivity contribution in [2.75, 3.05) is 5.32 Å². The van der Waals surface area contributed by atoms with Crippen molar-refractivity contribution in [1.29, 1.82) is 0 Å². The molecule has 30 heavy (non-hydrogen) atoms. The zero-order chi connectivity index (χ0) is 20.9. The van der Waals surface area contributed by atoms with Gasteiger partial charge in [-0.1, -0.05) is 60.1 Å². The van der Waals surface area contributed by atoms with Crippen molar-refractivity contribution in [2.24, 2.45) is 0 Å². The van der Waals surface area contributed by atoms with Crippen LogP contribution in [0.4, 0.5) is 11.4 Å². The first kappa shape index (κ1) is 20.1. The van der Waals surface area contributed by atoms with Crippen LogP contribution in [0, 0.1) is 6.92 Å². The predicted molar refractivity (Wildman–Crippen MR) is 125 cm³/mol. The lowest BCUT2D eigenvalue weighted by Gasteiger charge is -2.12. The van der Waals surface area contributed by atoms with Crippen molar-refractivity contribution in [3.8, 4) is 10.6 Å². The van der Waals surface area contributed by atoms with Crippen LogP contribution in [0.15, 0.2) is 78.9 Å². The van der Waals surface area contributed by atoms with E-state index in [0.29, 0.717) is 17.1 Å². The molecule has 0 bridgehead atoms. The maximum atomic E-state index is 12.9. The molecule has 0 spiro atoms. The second-order valence-corrected chi connectivity index (χ2v) is 8.22. The molecule has 0 saturated heterocycles. The van der Waals surface area contributed by atoms with Crippen LogP contribution in [0.2, 0.25) is 5.02 Å². The van der Waals surface area contributed by atoms with Crippen LogP contribution in [0.5, 0.6) is 0 Å². The largest absolute Gasteiger partial charge is 0.355 e. The maximum absolute atomic E-state index is 12.9. The van der Waals surface area contributed by atoms with E-state index < -0.39 is 0 Å². The van der Waals surface area contributed by atoms with E-state index in [9.17, 15) is 4.79 Å². The Bertz CT molecular complexity index is 1170. The van der Waals surface area contributed by atoms with Gasteiger partial charge in [-0.25, -0.2) is 4.98 Å². The van der Waals surface area contributed by atoms with Crippen LogP contribution in [0.1, 0.15) is 20.9 Å². The minimum atomic E-state index is -0.138. The van der Waals surface area contributed by atoms with Crippen LogP contribution in [0.25, 0.3) is 10.6 Å². The van der Waals surface area contributed by atoms with E-state index in [2.05, 4.69) is 15.6 Å². The molecule has 0 unspecified atom stereocenters. The Labute approximate surface area is 184 Å². The summed E-state index contributed by atoms with van der Waals surface area (Å²) < 4.78 is 0. The molecule has 0 saturated carbocycles. The Morgan fingerprint density at radius 1 is 0.967 bits per heavy atom. The molecule has 3 aromatic carbocycles. The van der Waals surface area contributed by atoms with E-state index in [-0.39, 0.29) is 5.91 Å². The van der Waals surface area contributed by atoms with Crippen LogP contribution >= 0.6 is 22.9 Å². The number of halogens is 1. The molecule has 2 N–H and O–H groups in total. The number of nitrogens with zero attached hydrogens (tertiary/aromatic N) is 1. The molecule has 0 atom stereocenters. The van der Waals surface area contributed by atoms with Gasteiger partial charge in [0.15, 0.2) is 0 Å². The summed E-state index contributed by atoms with van der Waals surface area (Å²) in [6.07, 6.45) is 0. The smallest absolute Gasteiger partial charge is 0.253 e. The van der Waals surface area contributed by atoms with Gasteiger partial charge in [-0.05, 0) is 37.3 Å². The average molecular weight is 434 g/mol. The number of aromatic nitrogens is 1. The van der Waals surface area contributed by atoms with Gasteiger partial charge in [-0.2, -0.15) is 0 Å². The third kappa shape index (κ3) is 4.53. The van der Waals surface area contributed by atoms with E-state index in [4.69, 9.17) is 11.6 Å². The summed E-state index contributed by atoms with van der Waals surface area (Å²) in [4.78, 5) is 18.5. The van der Waals surface area contributed by atoms with Crippen molar-refractivity contribution >= 4 is 40.2 Å². The number of nitrogens with one attached hydrogen (secondary N) is 2. The maximum Gasteiger partial charge on any atom is 0.253 e. The Balaban J connectivity index is 1.49. The fourth-order valence-corrected chi connectivity index (χ4v) is 4.39. The van der Waals surface area contributed by atoms with Crippen molar-refractivity contribution in [1.82, 2.24) is 10.3 Å². The number of thiazole rings is 1. The number of aryl methyl sites for hydroxylation is 1. The minimum Gasteiger partial charge on any atom is -0.355 e. The minimum absolute atomic E-state index is 0.138. The SMILES string of the molecule is Cc1nc(-c2ccccc2Cl)sc1CNC(=O)c1ccccc1Nc1ccccc1. The number of rotatable bonds is 6. The highest BCUT2D eigenvalue weighted by atomic mass is 35.5. The summed E-state index contributed by atoms with van der Waals surface area (Å²) in [6.45, 7) is 2.36. The third-order valence-corrected chi connectivity index (χ3v) is 6.15. The molecule has 1 aromatic heterocycles. The van der Waals surface area contributed by atoms with Gasteiger partial charge in [0.25, 0.3) is 5.91 Å². The molecule has 1 heterocycles. The molecule has 6 heteroatoms. The van der Waals surface area contributed by atoms with E-state index in [1.165, 1.54) is 0 Å². The third-order valence-electron chi connectivity index (χ3n) is 4.63. The second-order valence-electron chi connectivity index (χ2n) is 6.73. The van der Waals surface area contributed by atoms with Gasteiger partial charge in [0, 0.05) is 16.1 Å². The van der Waals surface area contributed by atoms with Crippen LogP contribution < -0.4 is 10.6 Å². The number of carbonyl (C=O) groups is 1. The summed E-state index contributed by atoms with van der Waals surface area (Å²) in [5.41, 5.74) is 4.09. The van der Waals surface area contributed by atoms with Gasteiger partial charge in [0.05, 0.1) is 28.5 Å². The zero-order valence-corrected chi connectivity index (χ0v) is 17.9. The molecule has 0 aliphatic carbocycles. The fraction of sp³-hybridized carbons (Fsp3) is 0.0833. The molecule has 4 nitrogen and oxygen atoms in total. The summed E-state index contributed by atoms with van der Waals surface area (Å²) >= 11 is 7.85. The molecule has 1 amide bonds. The number of hydrogen-bond donors (Lipinski definition) is 2. The summed E-state index contributed by atoms with van der Waals surface area (Å²) in [5.74, 6) is -0.138. The van der Waals surface area contributed by atoms with Crippen LogP contribution in [-0.2, 0) is 6.54 Å². The Morgan fingerprint density at radius 2 is 1.67 bits per heavy atom. The Morgan fingerprint density at radius 3 is 2.47 bits per heavy atom. The number of para-hydroxylation sites is 2. The second kappa shape index (κ2) is 9.11. The number of amides is 1. The monoisotopic (exact) mass is 433 g/mol. The predicted octanol–water partition coefficient (Wildman–Crippen LogP) is 6.45. The quantitative estimate of drug-likeness (QED) is 0.367. The molecule has 0 aliphatic heterocycles. The topological polar surface area (TPSA) is 54.0 Å². The standard InChI is InChI=1S/C24H20ClN3OS/c1-16-22(30-24(27-16)18-11-5-7-13-20(18)25)15-26-23(29)19-12-6-8-14-21(19)28-17-9-3-2-4-10-17/h2-14,28H,15H2,1H3,(H,26,29). The Kier molecular flexibility index (Phi) is 6.12. The van der Waals surface area contributed by atoms with E-state index >= 15 is 0 Å². The van der Waals surface area contributed by atoms with Crippen molar-refractivity contribution < 1.29 is 4.79 Å². The average Bonchev–Trinajstić information content (AvgIpc) is 3.14. The first-order valence-electron chi connectivity index (χ1n) is 9.52. The molecule has 4 aromatic rings. The van der Waals surface area contributed by atoms with Crippen molar-refractivity contribution in [3.63, 3.8) is 0 Å². The summed E-state index contributed by atoms with van der Waals surface area (Å²) in [5, 5.41) is 7.85.